The standard InChI is InChI=1S/C20H19ClF5NO4S2/c1-19(2,32(28,29)16-8-12(20(24,25)26)5-13(22)9-16)11-6-14(7-11)27-33(30,31)15-3-4-18(23)17(21)10-15/h3-5,8-11,14,27H,6-7H2,1-2H3. The Bertz CT molecular complexity index is 1290. The van der Waals surface area contributed by atoms with Crippen molar-refractivity contribution in [3.8, 4) is 0 Å². The zero-order chi connectivity index (χ0) is 25.0. The van der Waals surface area contributed by atoms with Gasteiger partial charge in [-0.25, -0.2) is 30.3 Å². The van der Waals surface area contributed by atoms with Gasteiger partial charge in [-0.15, -0.1) is 0 Å². The molecule has 0 aromatic heterocycles. The van der Waals surface area contributed by atoms with E-state index in [9.17, 15) is 38.8 Å². The first-order valence-electron chi connectivity index (χ1n) is 9.55. The third kappa shape index (κ3) is 5.03. The second-order valence-corrected chi connectivity index (χ2v) is 13.0. The van der Waals surface area contributed by atoms with Crippen LogP contribution < -0.4 is 4.72 Å². The van der Waals surface area contributed by atoms with Crippen LogP contribution in [0.3, 0.4) is 0 Å². The molecule has 0 bridgehead atoms. The lowest BCUT2D eigenvalue weighted by molar-refractivity contribution is -0.137. The molecule has 1 saturated carbocycles. The largest absolute Gasteiger partial charge is 0.416 e. The maximum absolute atomic E-state index is 13.8. The molecular weight excluding hydrogens is 513 g/mol. The lowest BCUT2D eigenvalue weighted by atomic mass is 9.73. The van der Waals surface area contributed by atoms with Crippen LogP contribution in [0.4, 0.5) is 22.0 Å². The Morgan fingerprint density at radius 2 is 1.55 bits per heavy atom. The van der Waals surface area contributed by atoms with Gasteiger partial charge in [-0.3, -0.25) is 0 Å². The van der Waals surface area contributed by atoms with Crippen molar-refractivity contribution in [1.29, 1.82) is 0 Å². The van der Waals surface area contributed by atoms with E-state index in [0.29, 0.717) is 12.1 Å². The van der Waals surface area contributed by atoms with E-state index in [0.717, 1.165) is 18.2 Å². The Balaban J connectivity index is 1.78. The van der Waals surface area contributed by atoms with Crippen LogP contribution in [0.25, 0.3) is 0 Å². The maximum Gasteiger partial charge on any atom is 0.416 e. The minimum atomic E-state index is -4.93. The van der Waals surface area contributed by atoms with E-state index in [2.05, 4.69) is 4.72 Å². The molecule has 182 valence electrons. The summed E-state index contributed by atoms with van der Waals surface area (Å²) in [5.74, 6) is -2.75. The molecule has 0 heterocycles. The fourth-order valence-corrected chi connectivity index (χ4v) is 6.94. The van der Waals surface area contributed by atoms with Crippen molar-refractivity contribution in [1.82, 2.24) is 4.72 Å². The minimum absolute atomic E-state index is 0.0713. The Hall–Kier alpha value is -1.76. The summed E-state index contributed by atoms with van der Waals surface area (Å²) >= 11 is 5.62. The van der Waals surface area contributed by atoms with Crippen LogP contribution in [-0.4, -0.2) is 27.6 Å². The quantitative estimate of drug-likeness (QED) is 0.535. The zero-order valence-corrected chi connectivity index (χ0v) is 19.6. The van der Waals surface area contributed by atoms with Gasteiger partial charge in [0.25, 0.3) is 0 Å². The van der Waals surface area contributed by atoms with E-state index < -0.39 is 64.8 Å². The first-order chi connectivity index (χ1) is 14.9. The van der Waals surface area contributed by atoms with Crippen molar-refractivity contribution in [2.24, 2.45) is 5.92 Å². The SMILES string of the molecule is CC(C)(C1CC(NS(=O)(=O)c2ccc(F)c(Cl)c2)C1)S(=O)(=O)c1cc(F)cc(C(F)(F)F)c1. The van der Waals surface area contributed by atoms with E-state index in [-0.39, 0.29) is 28.8 Å². The summed E-state index contributed by atoms with van der Waals surface area (Å²) in [7, 11) is -8.48. The van der Waals surface area contributed by atoms with Crippen molar-refractivity contribution in [2.75, 3.05) is 0 Å². The molecule has 1 fully saturated rings. The molecule has 1 N–H and O–H groups in total. The molecule has 0 spiro atoms. The van der Waals surface area contributed by atoms with Crippen molar-refractivity contribution >= 4 is 31.5 Å². The van der Waals surface area contributed by atoms with Crippen molar-refractivity contribution in [3.63, 3.8) is 0 Å². The molecule has 1 aliphatic carbocycles. The zero-order valence-electron chi connectivity index (χ0n) is 17.3. The van der Waals surface area contributed by atoms with E-state index in [1.54, 1.807) is 0 Å². The van der Waals surface area contributed by atoms with Crippen LogP contribution >= 0.6 is 11.6 Å². The summed E-state index contributed by atoms with van der Waals surface area (Å²) in [6.45, 7) is 2.60. The molecule has 33 heavy (non-hydrogen) atoms. The number of halogens is 6. The Labute approximate surface area is 192 Å². The van der Waals surface area contributed by atoms with Gasteiger partial charge in [0, 0.05) is 6.04 Å². The molecule has 2 aromatic rings. The number of sulfone groups is 1. The minimum Gasteiger partial charge on any atom is -0.223 e. The van der Waals surface area contributed by atoms with E-state index in [1.165, 1.54) is 13.8 Å². The van der Waals surface area contributed by atoms with Gasteiger partial charge in [-0.05, 0) is 69.0 Å². The predicted octanol–water partition coefficient (Wildman–Crippen LogP) is 4.95. The highest BCUT2D eigenvalue weighted by molar-refractivity contribution is 7.92. The summed E-state index contributed by atoms with van der Waals surface area (Å²) in [6.07, 6.45) is -4.79. The average molecular weight is 532 g/mol. The van der Waals surface area contributed by atoms with Gasteiger partial charge in [0.05, 0.1) is 25.1 Å². The summed E-state index contributed by atoms with van der Waals surface area (Å²) in [5.41, 5.74) is -1.42. The number of hydrogen-bond donors (Lipinski definition) is 1. The molecule has 0 unspecified atom stereocenters. The van der Waals surface area contributed by atoms with Gasteiger partial charge in [-0.1, -0.05) is 11.6 Å². The number of sulfonamides is 1. The van der Waals surface area contributed by atoms with Gasteiger partial charge < -0.3 is 0 Å². The Morgan fingerprint density at radius 1 is 0.939 bits per heavy atom. The molecule has 0 saturated heterocycles. The van der Waals surface area contributed by atoms with Crippen LogP contribution in [0, 0.1) is 17.6 Å². The normalized spacial score (nSPS) is 19.9. The van der Waals surface area contributed by atoms with Gasteiger partial charge in [0.2, 0.25) is 10.0 Å². The van der Waals surface area contributed by atoms with Crippen molar-refractivity contribution in [2.45, 2.75) is 53.4 Å². The second-order valence-electron chi connectivity index (χ2n) is 8.34. The van der Waals surface area contributed by atoms with Gasteiger partial charge in [-0.2, -0.15) is 13.2 Å². The Morgan fingerprint density at radius 3 is 2.09 bits per heavy atom. The molecule has 0 aliphatic heterocycles. The summed E-state index contributed by atoms with van der Waals surface area (Å²) in [6, 6.07) is 3.33. The van der Waals surface area contributed by atoms with E-state index in [1.807, 2.05) is 0 Å². The first-order valence-corrected chi connectivity index (χ1v) is 12.9. The molecule has 3 rings (SSSR count). The monoisotopic (exact) mass is 531 g/mol. The molecule has 0 radical (unpaired) electrons. The topological polar surface area (TPSA) is 80.3 Å². The molecule has 0 atom stereocenters. The highest BCUT2D eigenvalue weighted by Crippen LogP contribution is 2.44. The van der Waals surface area contributed by atoms with E-state index >= 15 is 0 Å². The van der Waals surface area contributed by atoms with Crippen LogP contribution in [0.1, 0.15) is 32.3 Å². The number of rotatable bonds is 6. The average Bonchev–Trinajstić information content (AvgIpc) is 2.65. The summed E-state index contributed by atoms with van der Waals surface area (Å²) < 4.78 is 118. The van der Waals surface area contributed by atoms with Crippen LogP contribution in [0.15, 0.2) is 46.2 Å². The van der Waals surface area contributed by atoms with Crippen molar-refractivity contribution in [3.05, 3.63) is 58.6 Å². The number of hydrogen-bond acceptors (Lipinski definition) is 4. The molecule has 0 amide bonds. The van der Waals surface area contributed by atoms with Gasteiger partial charge in [0.1, 0.15) is 11.6 Å². The number of nitrogens with one attached hydrogen (secondary N) is 1. The maximum atomic E-state index is 13.8. The predicted molar refractivity (Wildman–Crippen MR) is 111 cm³/mol. The molecule has 13 heteroatoms. The van der Waals surface area contributed by atoms with E-state index in [4.69, 9.17) is 11.6 Å². The Kier molecular flexibility index (Phi) is 6.64. The molecule has 5 nitrogen and oxygen atoms in total. The molecular formula is C20H19ClF5NO4S2. The van der Waals surface area contributed by atoms with Crippen LogP contribution in [-0.2, 0) is 26.0 Å². The molecule has 2 aromatic carbocycles. The lowest BCUT2D eigenvalue weighted by Crippen LogP contribution is -2.53. The third-order valence-corrected chi connectivity index (χ3v) is 10.2. The fourth-order valence-electron chi connectivity index (χ4n) is 3.62. The first kappa shape index (κ1) is 25.9. The summed E-state index contributed by atoms with van der Waals surface area (Å²) in [4.78, 5) is -1.08. The van der Waals surface area contributed by atoms with Crippen LogP contribution in [0.5, 0.6) is 0 Å². The van der Waals surface area contributed by atoms with Crippen molar-refractivity contribution < 1.29 is 38.8 Å². The summed E-state index contributed by atoms with van der Waals surface area (Å²) in [5, 5.41) is -0.384. The molecule has 1 aliphatic rings. The third-order valence-electron chi connectivity index (χ3n) is 5.85. The van der Waals surface area contributed by atoms with Crippen LogP contribution in [0.2, 0.25) is 5.02 Å². The smallest absolute Gasteiger partial charge is 0.223 e. The number of benzene rings is 2. The van der Waals surface area contributed by atoms with Gasteiger partial charge >= 0.3 is 6.18 Å². The highest BCUT2D eigenvalue weighted by Gasteiger charge is 2.49. The fraction of sp³-hybridized carbons (Fsp3) is 0.400. The lowest BCUT2D eigenvalue weighted by Gasteiger charge is -2.44. The highest BCUT2D eigenvalue weighted by atomic mass is 35.5. The van der Waals surface area contributed by atoms with Gasteiger partial charge in [0.15, 0.2) is 9.84 Å². The number of alkyl halides is 3. The second kappa shape index (κ2) is 8.47.